The smallest absolute Gasteiger partial charge is 0.174 e. The van der Waals surface area contributed by atoms with Gasteiger partial charge in [0, 0.05) is 10.2 Å². The van der Waals surface area contributed by atoms with E-state index >= 15 is 0 Å². The molecule has 0 unspecified atom stereocenters. The minimum atomic E-state index is -2.95. The number of nitrogens with zero attached hydrogens (tertiary/aromatic N) is 1. The van der Waals surface area contributed by atoms with Gasteiger partial charge in [-0.15, -0.1) is 0 Å². The number of hydrogen-bond donors (Lipinski definition) is 1. The summed E-state index contributed by atoms with van der Waals surface area (Å²) in [5.41, 5.74) is 0.931. The Morgan fingerprint density at radius 2 is 1.94 bits per heavy atom. The molecule has 2 fully saturated rings. The number of anilines is 1. The van der Waals surface area contributed by atoms with Crippen LogP contribution in [-0.2, 0) is 9.84 Å². The van der Waals surface area contributed by atoms with E-state index in [9.17, 15) is 8.42 Å². The molecule has 0 saturated carbocycles. The van der Waals surface area contributed by atoms with Crippen LogP contribution in [0.15, 0.2) is 28.7 Å². The van der Waals surface area contributed by atoms with Crippen LogP contribution in [0.1, 0.15) is 0 Å². The van der Waals surface area contributed by atoms with Crippen molar-refractivity contribution >= 4 is 48.8 Å². The van der Waals surface area contributed by atoms with Crippen LogP contribution >= 0.6 is 28.1 Å². The third kappa shape index (κ3) is 2.04. The Morgan fingerprint density at radius 1 is 1.28 bits per heavy atom. The van der Waals surface area contributed by atoms with Crippen LogP contribution in [0, 0.1) is 0 Å². The molecule has 18 heavy (non-hydrogen) atoms. The standard InChI is InChI=1S/C11H11BrN2O2S2/c12-7-1-3-8(4-2-7)14-10-6-18(15,16)5-9(10)13-11(14)17/h1-4,9-10H,5-6H2,(H,13,17)/t9-,10+/m1/s1. The van der Waals surface area contributed by atoms with Crippen LogP contribution in [0.2, 0.25) is 0 Å². The second-order valence-electron chi connectivity index (χ2n) is 4.55. The van der Waals surface area contributed by atoms with Crippen molar-refractivity contribution in [1.29, 1.82) is 0 Å². The van der Waals surface area contributed by atoms with Crippen molar-refractivity contribution in [3.8, 4) is 0 Å². The van der Waals surface area contributed by atoms with Gasteiger partial charge in [-0.3, -0.25) is 0 Å². The molecule has 0 bridgehead atoms. The molecule has 3 rings (SSSR count). The normalized spacial score (nSPS) is 29.2. The van der Waals surface area contributed by atoms with Crippen molar-refractivity contribution in [3.63, 3.8) is 0 Å². The highest BCUT2D eigenvalue weighted by molar-refractivity contribution is 9.10. The highest BCUT2D eigenvalue weighted by atomic mass is 79.9. The topological polar surface area (TPSA) is 49.4 Å². The molecule has 2 aliphatic rings. The van der Waals surface area contributed by atoms with Gasteiger partial charge in [-0.2, -0.15) is 0 Å². The van der Waals surface area contributed by atoms with Crippen LogP contribution < -0.4 is 10.2 Å². The maximum atomic E-state index is 11.7. The van der Waals surface area contributed by atoms with E-state index in [0.717, 1.165) is 10.2 Å². The molecule has 2 saturated heterocycles. The Bertz CT molecular complexity index is 600. The highest BCUT2D eigenvalue weighted by Gasteiger charge is 2.47. The fraction of sp³-hybridized carbons (Fsp3) is 0.364. The van der Waals surface area contributed by atoms with Gasteiger partial charge < -0.3 is 10.2 Å². The molecule has 0 aromatic heterocycles. The zero-order chi connectivity index (χ0) is 12.9. The Balaban J connectivity index is 1.96. The number of rotatable bonds is 1. The van der Waals surface area contributed by atoms with Crippen LogP contribution in [0.5, 0.6) is 0 Å². The number of hydrogen-bond acceptors (Lipinski definition) is 3. The van der Waals surface area contributed by atoms with Crippen LogP contribution in [0.4, 0.5) is 5.69 Å². The monoisotopic (exact) mass is 346 g/mol. The third-order valence-corrected chi connectivity index (χ3v) is 5.85. The summed E-state index contributed by atoms with van der Waals surface area (Å²) < 4.78 is 24.3. The van der Waals surface area contributed by atoms with E-state index in [1.807, 2.05) is 29.2 Å². The van der Waals surface area contributed by atoms with Crippen molar-refractivity contribution < 1.29 is 8.42 Å². The predicted molar refractivity (Wildman–Crippen MR) is 78.6 cm³/mol. The Labute approximate surface area is 119 Å². The molecular formula is C11H11BrN2O2S2. The molecule has 0 aliphatic carbocycles. The molecule has 0 spiro atoms. The second kappa shape index (κ2) is 4.18. The summed E-state index contributed by atoms with van der Waals surface area (Å²) in [7, 11) is -2.95. The number of halogens is 1. The average molecular weight is 347 g/mol. The first-order chi connectivity index (χ1) is 8.46. The largest absolute Gasteiger partial charge is 0.356 e. The zero-order valence-corrected chi connectivity index (χ0v) is 12.6. The van der Waals surface area contributed by atoms with Gasteiger partial charge >= 0.3 is 0 Å². The predicted octanol–water partition coefficient (Wildman–Crippen LogP) is 1.31. The minimum Gasteiger partial charge on any atom is -0.356 e. The average Bonchev–Trinajstić information content (AvgIpc) is 2.70. The van der Waals surface area contributed by atoms with Crippen molar-refractivity contribution in [2.75, 3.05) is 16.4 Å². The first-order valence-corrected chi connectivity index (χ1v) is 8.54. The van der Waals surface area contributed by atoms with Crippen molar-refractivity contribution in [2.45, 2.75) is 12.1 Å². The Hall–Kier alpha value is -0.660. The lowest BCUT2D eigenvalue weighted by Crippen LogP contribution is -2.36. The van der Waals surface area contributed by atoms with Gasteiger partial charge in [-0.1, -0.05) is 15.9 Å². The lowest BCUT2D eigenvalue weighted by atomic mass is 10.1. The molecule has 7 heteroatoms. The van der Waals surface area contributed by atoms with E-state index in [4.69, 9.17) is 12.2 Å². The summed E-state index contributed by atoms with van der Waals surface area (Å²) in [5, 5.41) is 3.71. The number of nitrogens with one attached hydrogen (secondary N) is 1. The summed E-state index contributed by atoms with van der Waals surface area (Å²) in [5.74, 6) is 0.339. The van der Waals surface area contributed by atoms with Crippen LogP contribution in [0.25, 0.3) is 0 Å². The third-order valence-electron chi connectivity index (χ3n) is 3.29. The molecular weight excluding hydrogens is 336 g/mol. The molecule has 0 amide bonds. The van der Waals surface area contributed by atoms with E-state index < -0.39 is 9.84 Å². The van der Waals surface area contributed by atoms with Gasteiger partial charge in [0.1, 0.15) is 0 Å². The van der Waals surface area contributed by atoms with Crippen LogP contribution in [-0.4, -0.2) is 37.1 Å². The highest BCUT2D eigenvalue weighted by Crippen LogP contribution is 2.30. The Kier molecular flexibility index (Phi) is 2.87. The first-order valence-electron chi connectivity index (χ1n) is 5.52. The van der Waals surface area contributed by atoms with Gasteiger partial charge in [0.2, 0.25) is 0 Å². The molecule has 0 radical (unpaired) electrons. The van der Waals surface area contributed by atoms with E-state index in [1.165, 1.54) is 0 Å². The van der Waals surface area contributed by atoms with E-state index in [2.05, 4.69) is 21.2 Å². The molecule has 2 heterocycles. The van der Waals surface area contributed by atoms with Gasteiger partial charge in [-0.25, -0.2) is 8.42 Å². The molecule has 1 aromatic carbocycles. The van der Waals surface area contributed by atoms with Gasteiger partial charge in [0.15, 0.2) is 14.9 Å². The molecule has 2 atom stereocenters. The van der Waals surface area contributed by atoms with E-state index in [0.29, 0.717) is 5.11 Å². The molecule has 2 aliphatic heterocycles. The van der Waals surface area contributed by atoms with Crippen LogP contribution in [0.3, 0.4) is 0 Å². The summed E-state index contributed by atoms with van der Waals surface area (Å²) >= 11 is 8.67. The lowest BCUT2D eigenvalue weighted by Gasteiger charge is -2.23. The zero-order valence-electron chi connectivity index (χ0n) is 9.34. The summed E-state index contributed by atoms with van der Waals surface area (Å²) in [6.07, 6.45) is 0. The van der Waals surface area contributed by atoms with Crippen molar-refractivity contribution in [3.05, 3.63) is 28.7 Å². The maximum absolute atomic E-state index is 11.7. The van der Waals surface area contributed by atoms with Gasteiger partial charge in [-0.05, 0) is 36.5 Å². The Morgan fingerprint density at radius 3 is 2.61 bits per heavy atom. The van der Waals surface area contributed by atoms with Crippen molar-refractivity contribution in [1.82, 2.24) is 5.32 Å². The fourth-order valence-corrected chi connectivity index (χ4v) is 5.06. The SMILES string of the molecule is O=S1(=O)C[C@H]2NC(=S)N(c3ccc(Br)cc3)[C@H]2C1. The van der Waals surface area contributed by atoms with Gasteiger partial charge in [0.05, 0.1) is 23.6 Å². The summed E-state index contributed by atoms with van der Waals surface area (Å²) in [6, 6.07) is 7.56. The summed E-state index contributed by atoms with van der Waals surface area (Å²) in [6.45, 7) is 0. The molecule has 1 N–H and O–H groups in total. The number of thiocarbonyl (C=S) groups is 1. The fourth-order valence-electron chi connectivity index (χ4n) is 2.51. The molecule has 96 valence electrons. The van der Waals surface area contributed by atoms with Crippen molar-refractivity contribution in [2.24, 2.45) is 0 Å². The lowest BCUT2D eigenvalue weighted by molar-refractivity contribution is 0.600. The number of sulfone groups is 1. The number of fused-ring (bicyclic) bond motifs is 1. The maximum Gasteiger partial charge on any atom is 0.174 e. The quantitative estimate of drug-likeness (QED) is 0.777. The second-order valence-corrected chi connectivity index (χ2v) is 8.00. The van der Waals surface area contributed by atoms with E-state index in [-0.39, 0.29) is 23.6 Å². The number of benzene rings is 1. The first kappa shape index (κ1) is 12.4. The van der Waals surface area contributed by atoms with E-state index in [1.54, 1.807) is 0 Å². The molecule has 1 aromatic rings. The molecule has 4 nitrogen and oxygen atoms in total. The van der Waals surface area contributed by atoms with Gasteiger partial charge in [0.25, 0.3) is 0 Å². The minimum absolute atomic E-state index is 0.0776. The summed E-state index contributed by atoms with van der Waals surface area (Å²) in [4.78, 5) is 1.91.